The van der Waals surface area contributed by atoms with Crippen molar-refractivity contribution in [2.24, 2.45) is 0 Å². The smallest absolute Gasteiger partial charge is 0.272 e. The molecule has 1 fully saturated rings. The minimum atomic E-state index is -0.0558. The molecule has 150 valence electrons. The molecule has 1 saturated heterocycles. The van der Waals surface area contributed by atoms with Crippen molar-refractivity contribution in [2.45, 2.75) is 39.7 Å². The second-order valence-corrected chi connectivity index (χ2v) is 8.79. The summed E-state index contributed by atoms with van der Waals surface area (Å²) in [4.78, 5) is 21.0. The number of aromatic amines is 1. The monoisotopic (exact) mass is 407 g/mol. The van der Waals surface area contributed by atoms with E-state index in [9.17, 15) is 4.79 Å². The van der Waals surface area contributed by atoms with E-state index in [1.807, 2.05) is 6.07 Å². The summed E-state index contributed by atoms with van der Waals surface area (Å²) < 4.78 is 3.79. The summed E-state index contributed by atoms with van der Waals surface area (Å²) in [6.07, 6.45) is 3.76. The summed E-state index contributed by atoms with van der Waals surface area (Å²) in [7, 11) is 0. The Labute approximate surface area is 173 Å². The second kappa shape index (κ2) is 7.31. The van der Waals surface area contributed by atoms with E-state index >= 15 is 0 Å². The maximum Gasteiger partial charge on any atom is 0.272 e. The molecular formula is C22H25N5OS. The number of likely N-dealkylation sites (tertiary alicyclic amines) is 1. The molecule has 0 saturated carbocycles. The number of hydrogen-bond donors (Lipinski definition) is 1. The predicted octanol–water partition coefficient (Wildman–Crippen LogP) is 4.14. The Morgan fingerprint density at radius 2 is 1.83 bits per heavy atom. The van der Waals surface area contributed by atoms with Crippen LogP contribution in [0.2, 0.25) is 0 Å². The molecule has 0 aromatic carbocycles. The third-order valence-electron chi connectivity index (χ3n) is 5.74. The van der Waals surface area contributed by atoms with Gasteiger partial charge >= 0.3 is 0 Å². The van der Waals surface area contributed by atoms with Crippen LogP contribution in [0.25, 0.3) is 21.9 Å². The third kappa shape index (κ3) is 3.34. The number of H-pyrrole nitrogens is 1. The van der Waals surface area contributed by atoms with Crippen molar-refractivity contribution in [2.75, 3.05) is 13.1 Å². The third-order valence-corrected chi connectivity index (χ3v) is 6.68. The maximum absolute atomic E-state index is 12.7. The van der Waals surface area contributed by atoms with Crippen molar-refractivity contribution in [1.82, 2.24) is 24.1 Å². The van der Waals surface area contributed by atoms with Crippen LogP contribution >= 0.6 is 11.3 Å². The van der Waals surface area contributed by atoms with E-state index in [2.05, 4.69) is 52.0 Å². The van der Waals surface area contributed by atoms with Crippen molar-refractivity contribution in [1.29, 1.82) is 0 Å². The largest absolute Gasteiger partial charge is 0.317 e. The van der Waals surface area contributed by atoms with Gasteiger partial charge in [-0.05, 0) is 63.4 Å². The van der Waals surface area contributed by atoms with Gasteiger partial charge in [0.2, 0.25) is 0 Å². The molecule has 5 rings (SSSR count). The number of piperidine rings is 1. The fourth-order valence-corrected chi connectivity index (χ4v) is 5.16. The number of nitrogens with zero attached hydrogens (tertiary/aromatic N) is 4. The predicted molar refractivity (Wildman–Crippen MR) is 117 cm³/mol. The van der Waals surface area contributed by atoms with Crippen LogP contribution in [0.3, 0.4) is 0 Å². The van der Waals surface area contributed by atoms with E-state index in [1.54, 1.807) is 21.9 Å². The van der Waals surface area contributed by atoms with Gasteiger partial charge in [0.15, 0.2) is 5.65 Å². The first-order valence-electron chi connectivity index (χ1n) is 10.2. The highest BCUT2D eigenvalue weighted by atomic mass is 32.1. The molecule has 1 N–H and O–H groups in total. The zero-order valence-electron chi connectivity index (χ0n) is 16.8. The van der Waals surface area contributed by atoms with Gasteiger partial charge in [0.1, 0.15) is 0 Å². The zero-order chi connectivity index (χ0) is 20.0. The van der Waals surface area contributed by atoms with Crippen LogP contribution in [-0.4, -0.2) is 37.2 Å². The maximum atomic E-state index is 12.7. The zero-order valence-corrected chi connectivity index (χ0v) is 17.6. The van der Waals surface area contributed by atoms with E-state index in [0.717, 1.165) is 41.6 Å². The van der Waals surface area contributed by atoms with E-state index in [4.69, 9.17) is 4.98 Å². The highest BCUT2D eigenvalue weighted by Crippen LogP contribution is 2.33. The molecule has 0 radical (unpaired) electrons. The average Bonchev–Trinajstić information content (AvgIpc) is 3.41. The molecule has 0 aliphatic carbocycles. The normalized spacial score (nSPS) is 15.4. The fraction of sp³-hybridized carbons (Fsp3) is 0.364. The van der Waals surface area contributed by atoms with Crippen LogP contribution in [0.1, 0.15) is 36.3 Å². The summed E-state index contributed by atoms with van der Waals surface area (Å²) in [6, 6.07) is 10.0. The highest BCUT2D eigenvalue weighted by molar-refractivity contribution is 7.14. The molecule has 0 atom stereocenters. The Bertz CT molecular complexity index is 1200. The van der Waals surface area contributed by atoms with Gasteiger partial charge in [-0.15, -0.1) is 11.3 Å². The van der Waals surface area contributed by atoms with Crippen LogP contribution < -0.4 is 5.56 Å². The van der Waals surface area contributed by atoms with Gasteiger partial charge in [0, 0.05) is 30.1 Å². The molecular weight excluding hydrogens is 382 g/mol. The van der Waals surface area contributed by atoms with Crippen LogP contribution in [0.15, 0.2) is 40.5 Å². The molecule has 6 nitrogen and oxygen atoms in total. The first-order valence-corrected chi connectivity index (χ1v) is 11.1. The molecule has 0 bridgehead atoms. The van der Waals surface area contributed by atoms with Crippen LogP contribution in [0.5, 0.6) is 0 Å². The van der Waals surface area contributed by atoms with Crippen molar-refractivity contribution >= 4 is 17.0 Å². The fourth-order valence-electron chi connectivity index (χ4n) is 4.31. The number of nitrogens with one attached hydrogen (secondary N) is 1. The first-order chi connectivity index (χ1) is 14.1. The van der Waals surface area contributed by atoms with Gasteiger partial charge in [-0.2, -0.15) is 0 Å². The van der Waals surface area contributed by atoms with Crippen molar-refractivity contribution in [3.05, 3.63) is 63.1 Å². The summed E-state index contributed by atoms with van der Waals surface area (Å²) in [5.74, 6) is 0. The van der Waals surface area contributed by atoms with Crippen LogP contribution in [0.4, 0.5) is 0 Å². The van der Waals surface area contributed by atoms with Crippen LogP contribution in [0, 0.1) is 13.8 Å². The molecule has 4 aromatic rings. The molecule has 4 aromatic heterocycles. The van der Waals surface area contributed by atoms with E-state index in [0.29, 0.717) is 5.65 Å². The summed E-state index contributed by atoms with van der Waals surface area (Å²) in [6.45, 7) is 7.15. The first kappa shape index (κ1) is 18.4. The Balaban J connectivity index is 1.54. The van der Waals surface area contributed by atoms with Crippen molar-refractivity contribution in [3.8, 4) is 16.3 Å². The molecule has 29 heavy (non-hydrogen) atoms. The van der Waals surface area contributed by atoms with Gasteiger partial charge in [-0.3, -0.25) is 14.8 Å². The minimum absolute atomic E-state index is 0.0558. The van der Waals surface area contributed by atoms with E-state index in [1.165, 1.54) is 30.7 Å². The van der Waals surface area contributed by atoms with Gasteiger partial charge in [-0.1, -0.05) is 6.42 Å². The lowest BCUT2D eigenvalue weighted by molar-refractivity contribution is 0.218. The van der Waals surface area contributed by atoms with Gasteiger partial charge in [-0.25, -0.2) is 9.50 Å². The Morgan fingerprint density at radius 3 is 2.59 bits per heavy atom. The summed E-state index contributed by atoms with van der Waals surface area (Å²) >= 11 is 1.67. The van der Waals surface area contributed by atoms with Crippen LogP contribution in [-0.2, 0) is 6.54 Å². The topological polar surface area (TPSA) is 58.3 Å². The SMILES string of the molecule is Cc1ccc(C)n1-c1ccsc1-c1cc2nc(CN3CCCCC3)cc(=O)n2[nH]1. The highest BCUT2D eigenvalue weighted by Gasteiger charge is 2.17. The minimum Gasteiger partial charge on any atom is -0.317 e. The lowest BCUT2D eigenvalue weighted by Gasteiger charge is -2.25. The number of aromatic nitrogens is 4. The molecule has 0 unspecified atom stereocenters. The molecule has 5 heterocycles. The molecule has 7 heteroatoms. The van der Waals surface area contributed by atoms with Gasteiger partial charge in [0.05, 0.1) is 22.0 Å². The van der Waals surface area contributed by atoms with E-state index < -0.39 is 0 Å². The average molecular weight is 408 g/mol. The summed E-state index contributed by atoms with van der Waals surface area (Å²) in [5.41, 5.74) is 5.91. The molecule has 0 spiro atoms. The Kier molecular flexibility index (Phi) is 4.64. The van der Waals surface area contributed by atoms with Gasteiger partial charge < -0.3 is 4.57 Å². The van der Waals surface area contributed by atoms with E-state index in [-0.39, 0.29) is 5.56 Å². The van der Waals surface area contributed by atoms with Gasteiger partial charge in [0.25, 0.3) is 5.56 Å². The van der Waals surface area contributed by atoms with Crippen molar-refractivity contribution in [3.63, 3.8) is 0 Å². The molecule has 1 aliphatic rings. The number of thiophene rings is 1. The Morgan fingerprint density at radius 1 is 1.07 bits per heavy atom. The van der Waals surface area contributed by atoms with Crippen molar-refractivity contribution < 1.29 is 0 Å². The number of rotatable bonds is 4. The number of aryl methyl sites for hydroxylation is 2. The number of hydrogen-bond acceptors (Lipinski definition) is 4. The summed E-state index contributed by atoms with van der Waals surface area (Å²) in [5, 5.41) is 5.35. The molecule has 1 aliphatic heterocycles. The number of fused-ring (bicyclic) bond motifs is 1. The lowest BCUT2D eigenvalue weighted by Crippen LogP contribution is -2.30. The second-order valence-electron chi connectivity index (χ2n) is 7.87. The lowest BCUT2D eigenvalue weighted by atomic mass is 10.1. The Hall–Kier alpha value is -2.64. The quantitative estimate of drug-likeness (QED) is 0.553. The standard InChI is InChI=1S/C22H25N5OS/c1-15-6-7-16(2)26(15)19-8-11-29-22(19)18-13-20-23-17(12-21(28)27(20)24-18)14-25-9-4-3-5-10-25/h6-8,11-13,24H,3-5,9-10,14H2,1-2H3. The molecule has 0 amide bonds.